The molecular weight excluding hydrogens is 266 g/mol. The zero-order valence-electron chi connectivity index (χ0n) is 11.3. The monoisotopic (exact) mass is 287 g/mol. The first-order valence-corrected chi connectivity index (χ1v) is 6.97. The Labute approximate surface area is 118 Å². The summed E-state index contributed by atoms with van der Waals surface area (Å²) in [6.07, 6.45) is 1.44. The van der Waals surface area contributed by atoms with Crippen LogP contribution in [0.15, 0.2) is 0 Å². The molecule has 0 aliphatic carbocycles. The molecule has 1 aliphatic heterocycles. The van der Waals surface area contributed by atoms with Crippen molar-refractivity contribution in [1.82, 2.24) is 10.2 Å². The molecule has 6 nitrogen and oxygen atoms in total. The normalized spacial score (nSPS) is 24.7. The van der Waals surface area contributed by atoms with E-state index in [1.54, 1.807) is 4.90 Å². The van der Waals surface area contributed by atoms with Crippen molar-refractivity contribution in [2.45, 2.75) is 38.8 Å². The topological polar surface area (TPSA) is 92.5 Å². The lowest BCUT2D eigenvalue weighted by molar-refractivity contribution is -0.140. The van der Waals surface area contributed by atoms with Gasteiger partial charge >= 0.3 is 0 Å². The van der Waals surface area contributed by atoms with Crippen molar-refractivity contribution in [3.63, 3.8) is 0 Å². The SMILES string of the molecule is CC(=O)NC(CS)C(=O)N1CC(C(N)=O)CCC1C. The molecule has 108 valence electrons. The first-order chi connectivity index (χ1) is 8.86. The highest BCUT2D eigenvalue weighted by Crippen LogP contribution is 2.22. The van der Waals surface area contributed by atoms with Crippen molar-refractivity contribution < 1.29 is 14.4 Å². The summed E-state index contributed by atoms with van der Waals surface area (Å²) < 4.78 is 0. The van der Waals surface area contributed by atoms with Gasteiger partial charge in [0.1, 0.15) is 6.04 Å². The number of nitrogens with two attached hydrogens (primary N) is 1. The van der Waals surface area contributed by atoms with Gasteiger partial charge in [-0.3, -0.25) is 14.4 Å². The number of carbonyl (C=O) groups is 3. The van der Waals surface area contributed by atoms with Gasteiger partial charge in [-0.05, 0) is 19.8 Å². The van der Waals surface area contributed by atoms with Crippen molar-refractivity contribution in [2.24, 2.45) is 11.7 Å². The zero-order valence-corrected chi connectivity index (χ0v) is 12.2. The number of nitrogens with one attached hydrogen (secondary N) is 1. The van der Waals surface area contributed by atoms with Gasteiger partial charge in [-0.2, -0.15) is 12.6 Å². The number of likely N-dealkylation sites (tertiary alicyclic amines) is 1. The molecule has 0 radical (unpaired) electrons. The summed E-state index contributed by atoms with van der Waals surface area (Å²) in [5.41, 5.74) is 5.30. The van der Waals surface area contributed by atoms with E-state index in [-0.39, 0.29) is 35.4 Å². The minimum Gasteiger partial charge on any atom is -0.369 e. The Morgan fingerprint density at radius 1 is 1.42 bits per heavy atom. The van der Waals surface area contributed by atoms with E-state index < -0.39 is 6.04 Å². The van der Waals surface area contributed by atoms with Crippen molar-refractivity contribution in [3.8, 4) is 0 Å². The Balaban J connectivity index is 2.76. The van der Waals surface area contributed by atoms with Crippen molar-refractivity contribution in [2.75, 3.05) is 12.3 Å². The number of amides is 3. The van der Waals surface area contributed by atoms with Crippen LogP contribution in [-0.4, -0.2) is 47.0 Å². The van der Waals surface area contributed by atoms with Gasteiger partial charge in [0.2, 0.25) is 17.7 Å². The Morgan fingerprint density at radius 2 is 2.05 bits per heavy atom. The molecule has 3 N–H and O–H groups in total. The highest BCUT2D eigenvalue weighted by Gasteiger charge is 2.34. The van der Waals surface area contributed by atoms with E-state index in [0.29, 0.717) is 13.0 Å². The average molecular weight is 287 g/mol. The average Bonchev–Trinajstić information content (AvgIpc) is 2.35. The number of hydrogen-bond acceptors (Lipinski definition) is 4. The Hall–Kier alpha value is -1.24. The van der Waals surface area contributed by atoms with Gasteiger partial charge in [0.25, 0.3) is 0 Å². The van der Waals surface area contributed by atoms with E-state index in [0.717, 1.165) is 6.42 Å². The standard InChI is InChI=1S/C12H21N3O3S/c1-7-3-4-9(11(13)17)5-15(7)12(18)10(6-19)14-8(2)16/h7,9-10,19H,3-6H2,1-2H3,(H2,13,17)(H,14,16). The fourth-order valence-corrected chi connectivity index (χ4v) is 2.52. The predicted molar refractivity (Wildman–Crippen MR) is 74.6 cm³/mol. The lowest BCUT2D eigenvalue weighted by atomic mass is 9.92. The number of hydrogen-bond donors (Lipinski definition) is 3. The van der Waals surface area contributed by atoms with Crippen LogP contribution in [0.3, 0.4) is 0 Å². The van der Waals surface area contributed by atoms with Crippen LogP contribution in [-0.2, 0) is 14.4 Å². The van der Waals surface area contributed by atoms with Crippen LogP contribution in [0.1, 0.15) is 26.7 Å². The van der Waals surface area contributed by atoms with Crippen LogP contribution in [0, 0.1) is 5.92 Å². The van der Waals surface area contributed by atoms with Crippen LogP contribution in [0.25, 0.3) is 0 Å². The highest BCUT2D eigenvalue weighted by molar-refractivity contribution is 7.80. The van der Waals surface area contributed by atoms with Crippen molar-refractivity contribution in [3.05, 3.63) is 0 Å². The molecule has 1 fully saturated rings. The van der Waals surface area contributed by atoms with Gasteiger partial charge in [0.15, 0.2) is 0 Å². The molecule has 0 spiro atoms. The lowest BCUT2D eigenvalue weighted by Crippen LogP contribution is -2.55. The third-order valence-corrected chi connectivity index (χ3v) is 3.79. The Bertz CT molecular complexity index is 375. The molecule has 3 atom stereocenters. The molecule has 3 amide bonds. The van der Waals surface area contributed by atoms with Crippen LogP contribution >= 0.6 is 12.6 Å². The van der Waals surface area contributed by atoms with E-state index >= 15 is 0 Å². The van der Waals surface area contributed by atoms with E-state index in [9.17, 15) is 14.4 Å². The number of nitrogens with zero attached hydrogens (tertiary/aromatic N) is 1. The Morgan fingerprint density at radius 3 is 2.53 bits per heavy atom. The zero-order chi connectivity index (χ0) is 14.6. The third kappa shape index (κ3) is 4.12. The summed E-state index contributed by atoms with van der Waals surface area (Å²) in [5, 5.41) is 2.57. The number of primary amides is 1. The number of thiol groups is 1. The maximum Gasteiger partial charge on any atom is 0.246 e. The molecule has 0 bridgehead atoms. The molecule has 1 rings (SSSR count). The van der Waals surface area contributed by atoms with Crippen LogP contribution in [0.2, 0.25) is 0 Å². The molecule has 7 heteroatoms. The van der Waals surface area contributed by atoms with Crippen LogP contribution < -0.4 is 11.1 Å². The number of piperidine rings is 1. The number of carbonyl (C=O) groups excluding carboxylic acids is 3. The van der Waals surface area contributed by atoms with E-state index in [2.05, 4.69) is 17.9 Å². The van der Waals surface area contributed by atoms with Gasteiger partial charge in [0.05, 0.1) is 5.92 Å². The van der Waals surface area contributed by atoms with Gasteiger partial charge < -0.3 is 16.0 Å². The van der Waals surface area contributed by atoms with Crippen LogP contribution in [0.5, 0.6) is 0 Å². The molecular formula is C12H21N3O3S. The second-order valence-corrected chi connectivity index (χ2v) is 5.32. The minimum absolute atomic E-state index is 0.0410. The van der Waals surface area contributed by atoms with Gasteiger partial charge in [0, 0.05) is 25.3 Å². The molecule has 0 aromatic carbocycles. The lowest BCUT2D eigenvalue weighted by Gasteiger charge is -2.38. The van der Waals surface area contributed by atoms with Gasteiger partial charge in [-0.1, -0.05) is 0 Å². The maximum atomic E-state index is 12.4. The minimum atomic E-state index is -0.657. The summed E-state index contributed by atoms with van der Waals surface area (Å²) in [4.78, 5) is 36.3. The molecule has 3 unspecified atom stereocenters. The van der Waals surface area contributed by atoms with E-state index in [4.69, 9.17) is 5.73 Å². The van der Waals surface area contributed by atoms with Gasteiger partial charge in [-0.25, -0.2) is 0 Å². The van der Waals surface area contributed by atoms with E-state index in [1.807, 2.05) is 6.92 Å². The molecule has 1 saturated heterocycles. The number of rotatable bonds is 4. The molecule has 1 aliphatic rings. The second-order valence-electron chi connectivity index (χ2n) is 4.95. The largest absolute Gasteiger partial charge is 0.369 e. The molecule has 1 heterocycles. The summed E-state index contributed by atoms with van der Waals surface area (Å²) in [5.74, 6) is -0.945. The third-order valence-electron chi connectivity index (χ3n) is 3.43. The Kier molecular flexibility index (Phi) is 5.65. The molecule has 0 aromatic heterocycles. The van der Waals surface area contributed by atoms with Crippen LogP contribution in [0.4, 0.5) is 0 Å². The van der Waals surface area contributed by atoms with Gasteiger partial charge in [-0.15, -0.1) is 0 Å². The second kappa shape index (κ2) is 6.79. The summed E-state index contributed by atoms with van der Waals surface area (Å²) in [6, 6.07) is -0.617. The first-order valence-electron chi connectivity index (χ1n) is 6.34. The highest BCUT2D eigenvalue weighted by atomic mass is 32.1. The fraction of sp³-hybridized carbons (Fsp3) is 0.750. The first kappa shape index (κ1) is 15.8. The van der Waals surface area contributed by atoms with E-state index in [1.165, 1.54) is 6.92 Å². The van der Waals surface area contributed by atoms with Crippen molar-refractivity contribution >= 4 is 30.4 Å². The maximum absolute atomic E-state index is 12.4. The quantitative estimate of drug-likeness (QED) is 0.611. The molecule has 0 aromatic rings. The summed E-state index contributed by atoms with van der Waals surface area (Å²) in [7, 11) is 0. The molecule has 0 saturated carbocycles. The molecule has 19 heavy (non-hydrogen) atoms. The summed E-state index contributed by atoms with van der Waals surface area (Å²) in [6.45, 7) is 3.60. The van der Waals surface area contributed by atoms with Crippen molar-refractivity contribution in [1.29, 1.82) is 0 Å². The smallest absolute Gasteiger partial charge is 0.246 e. The fourth-order valence-electron chi connectivity index (χ4n) is 2.28. The predicted octanol–water partition coefficient (Wildman–Crippen LogP) is -0.467. The summed E-state index contributed by atoms with van der Waals surface area (Å²) >= 11 is 4.09.